The van der Waals surface area contributed by atoms with Gasteiger partial charge in [-0.25, -0.2) is 14.6 Å². The van der Waals surface area contributed by atoms with E-state index in [2.05, 4.69) is 4.98 Å². The third-order valence-corrected chi connectivity index (χ3v) is 8.09. The Balaban J connectivity index is 1.70. The van der Waals surface area contributed by atoms with Gasteiger partial charge in [-0.15, -0.1) is 23.1 Å². The summed E-state index contributed by atoms with van der Waals surface area (Å²) in [6.07, 6.45) is 2.38. The number of fused-ring (bicyclic) bond motifs is 2. The Kier molecular flexibility index (Phi) is 7.16. The Morgan fingerprint density at radius 1 is 1.26 bits per heavy atom. The van der Waals surface area contributed by atoms with E-state index in [1.807, 2.05) is 23.8 Å². The van der Waals surface area contributed by atoms with Crippen molar-refractivity contribution in [3.05, 3.63) is 23.1 Å². The summed E-state index contributed by atoms with van der Waals surface area (Å²) >= 11 is 2.99. The molecule has 0 bridgehead atoms. The predicted molar refractivity (Wildman–Crippen MR) is 130 cm³/mol. The van der Waals surface area contributed by atoms with Crippen LogP contribution in [-0.4, -0.2) is 68.2 Å². The van der Waals surface area contributed by atoms with Gasteiger partial charge in [0.25, 0.3) is 6.29 Å². The van der Waals surface area contributed by atoms with E-state index in [0.29, 0.717) is 5.57 Å². The normalized spacial score (nSPS) is 23.4. The third-order valence-electron chi connectivity index (χ3n) is 6.14. The zero-order chi connectivity index (χ0) is 25.6. The topological polar surface area (TPSA) is 120 Å². The van der Waals surface area contributed by atoms with Crippen LogP contribution >= 0.6 is 23.1 Å². The number of hydrogen-bond acceptors (Lipinski definition) is 10. The van der Waals surface area contributed by atoms with Gasteiger partial charge >= 0.3 is 12.1 Å². The van der Waals surface area contributed by atoms with Crippen LogP contribution in [-0.2, 0) is 23.8 Å². The van der Waals surface area contributed by atoms with Crippen molar-refractivity contribution in [2.24, 2.45) is 11.8 Å². The lowest BCUT2D eigenvalue weighted by Crippen LogP contribution is -2.63. The van der Waals surface area contributed by atoms with Gasteiger partial charge in [0.15, 0.2) is 0 Å². The average Bonchev–Trinajstić information content (AvgIpc) is 3.41. The van der Waals surface area contributed by atoms with E-state index < -0.39 is 30.4 Å². The van der Waals surface area contributed by atoms with Crippen molar-refractivity contribution in [1.82, 2.24) is 14.3 Å². The first-order valence-electron chi connectivity index (χ1n) is 11.4. The average molecular weight is 524 g/mol. The molecule has 2 aromatic rings. The Bertz CT molecular complexity index is 1190. The Morgan fingerprint density at radius 2 is 1.97 bits per heavy atom. The number of imidazole rings is 1. The lowest BCUT2D eigenvalue weighted by molar-refractivity contribution is -0.176. The van der Waals surface area contributed by atoms with E-state index in [-0.39, 0.29) is 36.1 Å². The highest BCUT2D eigenvalue weighted by atomic mass is 32.2. The highest BCUT2D eigenvalue weighted by Gasteiger charge is 2.60. The van der Waals surface area contributed by atoms with Crippen LogP contribution in [0.1, 0.15) is 45.9 Å². The maximum Gasteiger partial charge on any atom is 0.511 e. The SMILES string of the molecule is CCC(OC(=O)OC(C)C)OC(=O)C1=C(c2cn3cnc(SC)c3s2)[C@H](C)[C@@H]2[C@@H]([C@@H](C)O)C(=O)N12. The van der Waals surface area contributed by atoms with Crippen LogP contribution in [0.2, 0.25) is 0 Å². The minimum absolute atomic E-state index is 0.117. The number of hydrogen-bond donors (Lipinski definition) is 1. The molecule has 1 N–H and O–H groups in total. The number of thioether (sulfide) groups is 1. The number of aliphatic hydroxyl groups is 1. The van der Waals surface area contributed by atoms with Crippen LogP contribution in [0.25, 0.3) is 10.4 Å². The van der Waals surface area contributed by atoms with Crippen LogP contribution in [0.5, 0.6) is 0 Å². The number of esters is 1. The molecule has 12 heteroatoms. The first-order chi connectivity index (χ1) is 16.6. The fourth-order valence-corrected chi connectivity index (χ4v) is 6.54. The van der Waals surface area contributed by atoms with Crippen molar-refractivity contribution in [3.63, 3.8) is 0 Å². The summed E-state index contributed by atoms with van der Waals surface area (Å²) in [6, 6.07) is -0.369. The quantitative estimate of drug-likeness (QED) is 0.240. The number of aliphatic hydroxyl groups excluding tert-OH is 1. The molecule has 1 saturated heterocycles. The van der Waals surface area contributed by atoms with E-state index in [9.17, 15) is 19.5 Å². The fourth-order valence-electron chi connectivity index (χ4n) is 4.62. The molecule has 0 saturated carbocycles. The molecular formula is C23H29N3O7S2. The number of ether oxygens (including phenoxy) is 3. The number of nitrogens with zero attached hydrogens (tertiary/aromatic N) is 3. The van der Waals surface area contributed by atoms with Gasteiger partial charge in [-0.2, -0.15) is 0 Å². The van der Waals surface area contributed by atoms with Crippen LogP contribution in [0, 0.1) is 11.8 Å². The minimum atomic E-state index is -1.17. The highest BCUT2D eigenvalue weighted by Crippen LogP contribution is 2.52. The summed E-state index contributed by atoms with van der Waals surface area (Å²) < 4.78 is 17.6. The zero-order valence-corrected chi connectivity index (χ0v) is 22.0. The largest absolute Gasteiger partial charge is 0.511 e. The first kappa shape index (κ1) is 25.5. The number of carbonyl (C=O) groups is 3. The maximum atomic E-state index is 13.4. The molecule has 0 spiro atoms. The number of aromatic nitrogens is 2. The Morgan fingerprint density at radius 3 is 2.57 bits per heavy atom. The molecule has 0 aliphatic carbocycles. The van der Waals surface area contributed by atoms with Crippen molar-refractivity contribution >= 4 is 51.5 Å². The third kappa shape index (κ3) is 4.43. The van der Waals surface area contributed by atoms with Crippen molar-refractivity contribution in [1.29, 1.82) is 0 Å². The second-order valence-electron chi connectivity index (χ2n) is 8.86. The lowest BCUT2D eigenvalue weighted by Gasteiger charge is -2.46. The summed E-state index contributed by atoms with van der Waals surface area (Å²) in [5.74, 6) is -1.94. The first-order valence-corrected chi connectivity index (χ1v) is 13.5. The van der Waals surface area contributed by atoms with Crippen LogP contribution in [0.3, 0.4) is 0 Å². The molecule has 2 aromatic heterocycles. The number of amides is 1. The molecule has 5 atom stereocenters. The van der Waals surface area contributed by atoms with Crippen molar-refractivity contribution in [3.8, 4) is 0 Å². The number of rotatable bonds is 8. The summed E-state index contributed by atoms with van der Waals surface area (Å²) in [4.78, 5) is 45.9. The van der Waals surface area contributed by atoms with Gasteiger partial charge in [-0.1, -0.05) is 13.8 Å². The standard InChI is InChI=1S/C23H29N3O7S2/c1-7-14(33-23(30)31-10(2)3)32-22(29)18-15(11(4)17-16(12(5)27)20(28)26(17)18)13-8-25-9-24-19(34-6)21(25)35-13/h8-12,14,16-17,27H,7H2,1-6H3/t11-,12+,14?,16+,17+/m0/s1. The summed E-state index contributed by atoms with van der Waals surface area (Å²) in [5.41, 5.74) is 0.781. The molecule has 4 heterocycles. The van der Waals surface area contributed by atoms with Crippen LogP contribution in [0.4, 0.5) is 4.79 Å². The molecule has 10 nitrogen and oxygen atoms in total. The van der Waals surface area contributed by atoms with Gasteiger partial charge in [-0.3, -0.25) is 9.20 Å². The molecule has 2 aliphatic heterocycles. The molecule has 1 unspecified atom stereocenters. The van der Waals surface area contributed by atoms with Gasteiger partial charge in [0.05, 0.1) is 29.0 Å². The highest BCUT2D eigenvalue weighted by molar-refractivity contribution is 7.98. The molecule has 1 fully saturated rings. The molecular weight excluding hydrogens is 494 g/mol. The van der Waals surface area contributed by atoms with Crippen LogP contribution in [0.15, 0.2) is 23.2 Å². The van der Waals surface area contributed by atoms with E-state index in [1.54, 1.807) is 34.0 Å². The van der Waals surface area contributed by atoms with Crippen molar-refractivity contribution in [2.45, 2.75) is 70.6 Å². The number of β-lactam (4-membered cyclic amide) rings is 1. The maximum absolute atomic E-state index is 13.4. The second-order valence-corrected chi connectivity index (χ2v) is 10.7. The monoisotopic (exact) mass is 523 g/mol. The number of thiazole rings is 1. The fraction of sp³-hybridized carbons (Fsp3) is 0.565. The Labute approximate surface area is 211 Å². The van der Waals surface area contributed by atoms with E-state index >= 15 is 0 Å². The van der Waals surface area contributed by atoms with E-state index in [1.165, 1.54) is 28.0 Å². The minimum Gasteiger partial charge on any atom is -0.431 e. The van der Waals surface area contributed by atoms with Gasteiger partial charge in [0, 0.05) is 24.1 Å². The predicted octanol–water partition coefficient (Wildman–Crippen LogP) is 3.53. The van der Waals surface area contributed by atoms with E-state index in [0.717, 1.165) is 14.7 Å². The molecule has 4 rings (SSSR count). The van der Waals surface area contributed by atoms with Crippen LogP contribution < -0.4 is 0 Å². The van der Waals surface area contributed by atoms with Gasteiger partial charge in [0.2, 0.25) is 5.91 Å². The van der Waals surface area contributed by atoms with Crippen molar-refractivity contribution in [2.75, 3.05) is 6.26 Å². The molecule has 0 aromatic carbocycles. The summed E-state index contributed by atoms with van der Waals surface area (Å²) in [6.45, 7) is 8.58. The lowest BCUT2D eigenvalue weighted by atomic mass is 9.77. The van der Waals surface area contributed by atoms with Gasteiger partial charge in [0.1, 0.15) is 21.9 Å². The number of carbonyl (C=O) groups excluding carboxylic acids is 3. The molecule has 190 valence electrons. The molecule has 1 amide bonds. The van der Waals surface area contributed by atoms with E-state index in [4.69, 9.17) is 14.2 Å². The molecule has 0 radical (unpaired) electrons. The van der Waals surface area contributed by atoms with Gasteiger partial charge in [-0.05, 0) is 27.0 Å². The molecule has 35 heavy (non-hydrogen) atoms. The summed E-state index contributed by atoms with van der Waals surface area (Å²) in [7, 11) is 0. The Hall–Kier alpha value is -2.57. The van der Waals surface area contributed by atoms with Gasteiger partial charge < -0.3 is 24.2 Å². The smallest absolute Gasteiger partial charge is 0.431 e. The summed E-state index contributed by atoms with van der Waals surface area (Å²) in [5, 5.41) is 11.1. The molecule has 2 aliphatic rings. The van der Waals surface area contributed by atoms with Crippen molar-refractivity contribution < 1.29 is 33.7 Å². The second kappa shape index (κ2) is 9.82. The zero-order valence-electron chi connectivity index (χ0n) is 20.4.